The van der Waals surface area contributed by atoms with Crippen LogP contribution in [0.2, 0.25) is 0 Å². The number of carboxylic acid groups (broad SMARTS) is 1. The first kappa shape index (κ1) is 11.6. The van der Waals surface area contributed by atoms with Crippen molar-refractivity contribution in [2.45, 2.75) is 0 Å². The predicted molar refractivity (Wildman–Crippen MR) is 58.2 cm³/mol. The van der Waals surface area contributed by atoms with Gasteiger partial charge in [0.25, 0.3) is 0 Å². The second-order valence-electron chi connectivity index (χ2n) is 3.14. The van der Waals surface area contributed by atoms with Crippen molar-refractivity contribution < 1.29 is 23.9 Å². The van der Waals surface area contributed by atoms with Crippen LogP contribution in [0.4, 0.5) is 4.39 Å². The number of aromatic hydroxyl groups is 1. The van der Waals surface area contributed by atoms with Crippen LogP contribution in [0.5, 0.6) is 5.75 Å². The Morgan fingerprint density at radius 2 is 2.18 bits per heavy atom. The zero-order valence-corrected chi connectivity index (χ0v) is 9.73. The van der Waals surface area contributed by atoms with Gasteiger partial charge in [-0.05, 0) is 28.1 Å². The maximum absolute atomic E-state index is 13.7. The molecule has 0 saturated heterocycles. The molecule has 0 bridgehead atoms. The standard InChI is InChI=1S/C10H5BrFNO4/c11-4-1-2-6(14)8(9(4)12)7-3-5(10(15)16)13-17-7/h1-3,14H,(H,15,16). The third-order valence-electron chi connectivity index (χ3n) is 2.05. The van der Waals surface area contributed by atoms with Crippen molar-refractivity contribution in [2.75, 3.05) is 0 Å². The van der Waals surface area contributed by atoms with Gasteiger partial charge in [0, 0.05) is 6.07 Å². The van der Waals surface area contributed by atoms with Gasteiger partial charge in [-0.15, -0.1) is 0 Å². The topological polar surface area (TPSA) is 83.6 Å². The molecule has 0 fully saturated rings. The first-order chi connectivity index (χ1) is 8.00. The lowest BCUT2D eigenvalue weighted by molar-refractivity contribution is 0.0686. The molecule has 0 spiro atoms. The van der Waals surface area contributed by atoms with E-state index >= 15 is 0 Å². The molecule has 7 heteroatoms. The molecular formula is C10H5BrFNO4. The van der Waals surface area contributed by atoms with Gasteiger partial charge >= 0.3 is 5.97 Å². The van der Waals surface area contributed by atoms with Gasteiger partial charge in [0.2, 0.25) is 0 Å². The van der Waals surface area contributed by atoms with E-state index in [0.717, 1.165) is 6.07 Å². The highest BCUT2D eigenvalue weighted by Crippen LogP contribution is 2.35. The molecule has 0 atom stereocenters. The Bertz CT molecular complexity index is 596. The average Bonchev–Trinajstić information content (AvgIpc) is 2.73. The highest BCUT2D eigenvalue weighted by atomic mass is 79.9. The maximum Gasteiger partial charge on any atom is 0.358 e. The van der Waals surface area contributed by atoms with E-state index < -0.39 is 11.8 Å². The van der Waals surface area contributed by atoms with E-state index in [-0.39, 0.29) is 27.2 Å². The van der Waals surface area contributed by atoms with Crippen molar-refractivity contribution in [3.8, 4) is 17.1 Å². The Balaban J connectivity index is 2.60. The fraction of sp³-hybridized carbons (Fsp3) is 0. The molecule has 2 rings (SSSR count). The molecule has 2 aromatic rings. The molecule has 1 aromatic heterocycles. The predicted octanol–water partition coefficient (Wildman–Crippen LogP) is 2.65. The van der Waals surface area contributed by atoms with Gasteiger partial charge in [-0.1, -0.05) is 5.16 Å². The summed E-state index contributed by atoms with van der Waals surface area (Å²) in [7, 11) is 0. The van der Waals surface area contributed by atoms with Crippen molar-refractivity contribution in [3.63, 3.8) is 0 Å². The van der Waals surface area contributed by atoms with E-state index in [1.54, 1.807) is 0 Å². The molecule has 0 aliphatic rings. The number of rotatable bonds is 2. The summed E-state index contributed by atoms with van der Waals surface area (Å²) in [5.41, 5.74) is -0.599. The van der Waals surface area contributed by atoms with E-state index in [9.17, 15) is 14.3 Å². The highest BCUT2D eigenvalue weighted by Gasteiger charge is 2.20. The van der Waals surface area contributed by atoms with Crippen molar-refractivity contribution in [1.29, 1.82) is 0 Å². The SMILES string of the molecule is O=C(O)c1cc(-c2c(O)ccc(Br)c2F)on1. The van der Waals surface area contributed by atoms with Crippen LogP contribution in [0, 0.1) is 5.82 Å². The molecule has 0 saturated carbocycles. The summed E-state index contributed by atoms with van der Waals surface area (Å²) in [6.07, 6.45) is 0. The van der Waals surface area contributed by atoms with E-state index in [0.29, 0.717) is 0 Å². The second kappa shape index (κ2) is 4.17. The van der Waals surface area contributed by atoms with Crippen LogP contribution < -0.4 is 0 Å². The first-order valence-electron chi connectivity index (χ1n) is 4.38. The van der Waals surface area contributed by atoms with Crippen LogP contribution in [-0.2, 0) is 0 Å². The molecule has 2 N–H and O–H groups in total. The maximum atomic E-state index is 13.7. The molecule has 0 radical (unpaired) electrons. The van der Waals surface area contributed by atoms with Gasteiger partial charge in [-0.25, -0.2) is 9.18 Å². The van der Waals surface area contributed by atoms with Gasteiger partial charge < -0.3 is 14.7 Å². The molecule has 0 aliphatic carbocycles. The van der Waals surface area contributed by atoms with Crippen LogP contribution >= 0.6 is 15.9 Å². The summed E-state index contributed by atoms with van der Waals surface area (Å²) in [6.45, 7) is 0. The van der Waals surface area contributed by atoms with Crippen LogP contribution in [0.25, 0.3) is 11.3 Å². The number of halogens is 2. The van der Waals surface area contributed by atoms with Crippen LogP contribution in [0.15, 0.2) is 27.2 Å². The van der Waals surface area contributed by atoms with Crippen molar-refractivity contribution >= 4 is 21.9 Å². The van der Waals surface area contributed by atoms with Gasteiger partial charge in [-0.2, -0.15) is 0 Å². The Morgan fingerprint density at radius 3 is 2.76 bits per heavy atom. The minimum atomic E-state index is -1.30. The fourth-order valence-electron chi connectivity index (χ4n) is 1.27. The van der Waals surface area contributed by atoms with E-state index in [4.69, 9.17) is 5.11 Å². The Kier molecular flexibility index (Phi) is 2.84. The summed E-state index contributed by atoms with van der Waals surface area (Å²) in [5, 5.41) is 21.4. The third kappa shape index (κ3) is 2.01. The van der Waals surface area contributed by atoms with Gasteiger partial charge in [0.05, 0.1) is 10.0 Å². The quantitative estimate of drug-likeness (QED) is 0.891. The van der Waals surface area contributed by atoms with Crippen molar-refractivity contribution in [1.82, 2.24) is 5.16 Å². The lowest BCUT2D eigenvalue weighted by Gasteiger charge is -2.03. The van der Waals surface area contributed by atoms with Crippen LogP contribution in [-0.4, -0.2) is 21.3 Å². The summed E-state index contributed by atoms with van der Waals surface area (Å²) in [4.78, 5) is 10.6. The van der Waals surface area contributed by atoms with Gasteiger partial charge in [0.15, 0.2) is 17.3 Å². The second-order valence-corrected chi connectivity index (χ2v) is 3.99. The average molecular weight is 302 g/mol. The largest absolute Gasteiger partial charge is 0.507 e. The van der Waals surface area contributed by atoms with E-state index in [2.05, 4.69) is 25.6 Å². The number of carbonyl (C=O) groups is 1. The van der Waals surface area contributed by atoms with Gasteiger partial charge in [0.1, 0.15) is 5.75 Å². The molecule has 0 amide bonds. The summed E-state index contributed by atoms with van der Waals surface area (Å²) in [6, 6.07) is 3.61. The normalized spacial score (nSPS) is 10.5. The number of aromatic carboxylic acids is 1. The molecule has 1 heterocycles. The summed E-state index contributed by atoms with van der Waals surface area (Å²) >= 11 is 2.95. The molecule has 88 valence electrons. The molecule has 0 aliphatic heterocycles. The molecular weight excluding hydrogens is 297 g/mol. The first-order valence-corrected chi connectivity index (χ1v) is 5.17. The number of hydrogen-bond donors (Lipinski definition) is 2. The summed E-state index contributed by atoms with van der Waals surface area (Å²) < 4.78 is 18.5. The molecule has 17 heavy (non-hydrogen) atoms. The number of aromatic nitrogens is 1. The number of hydrogen-bond acceptors (Lipinski definition) is 4. The summed E-state index contributed by atoms with van der Waals surface area (Å²) in [5.74, 6) is -2.56. The fourth-order valence-corrected chi connectivity index (χ4v) is 1.60. The Morgan fingerprint density at radius 1 is 1.47 bits per heavy atom. The van der Waals surface area contributed by atoms with Gasteiger partial charge in [-0.3, -0.25) is 0 Å². The zero-order valence-electron chi connectivity index (χ0n) is 8.15. The van der Waals surface area contributed by atoms with E-state index in [1.165, 1.54) is 12.1 Å². The number of phenols is 1. The number of nitrogens with zero attached hydrogens (tertiary/aromatic N) is 1. The third-order valence-corrected chi connectivity index (χ3v) is 2.66. The Hall–Kier alpha value is -1.89. The number of carboxylic acids is 1. The number of phenolic OH excluding ortho intramolecular Hbond substituents is 1. The zero-order chi connectivity index (χ0) is 12.6. The monoisotopic (exact) mass is 301 g/mol. The van der Waals surface area contributed by atoms with Crippen molar-refractivity contribution in [3.05, 3.63) is 34.2 Å². The van der Waals surface area contributed by atoms with E-state index in [1.807, 2.05) is 0 Å². The Labute approximate surface area is 103 Å². The number of benzene rings is 1. The molecule has 5 nitrogen and oxygen atoms in total. The van der Waals surface area contributed by atoms with Crippen LogP contribution in [0.3, 0.4) is 0 Å². The molecule has 0 unspecified atom stereocenters. The lowest BCUT2D eigenvalue weighted by Crippen LogP contribution is -1.94. The van der Waals surface area contributed by atoms with Crippen molar-refractivity contribution in [2.24, 2.45) is 0 Å². The van der Waals surface area contributed by atoms with Crippen LogP contribution in [0.1, 0.15) is 10.5 Å². The minimum absolute atomic E-state index is 0.124. The molecule has 1 aromatic carbocycles. The lowest BCUT2D eigenvalue weighted by atomic mass is 10.1. The highest BCUT2D eigenvalue weighted by molar-refractivity contribution is 9.10. The minimum Gasteiger partial charge on any atom is -0.507 e. The smallest absolute Gasteiger partial charge is 0.358 e.